The molecule has 2 N–H and O–H groups in total. The van der Waals surface area contributed by atoms with Gasteiger partial charge in [0.25, 0.3) is 0 Å². The van der Waals surface area contributed by atoms with Crippen LogP contribution in [0.2, 0.25) is 0 Å². The Labute approximate surface area is 138 Å². The lowest BCUT2D eigenvalue weighted by atomic mass is 9.92. The molecule has 1 aliphatic carbocycles. The summed E-state index contributed by atoms with van der Waals surface area (Å²) in [5.74, 6) is 1.78. The Morgan fingerprint density at radius 1 is 1.43 bits per heavy atom. The normalized spacial score (nSPS) is 24.5. The van der Waals surface area contributed by atoms with E-state index in [1.165, 1.54) is 18.4 Å². The minimum Gasteiger partial charge on any atom is -0.476 e. The topological polar surface area (TPSA) is 63.2 Å². The summed E-state index contributed by atoms with van der Waals surface area (Å²) in [6.07, 6.45) is 4.16. The molecule has 2 heterocycles. The third-order valence-corrected chi connectivity index (χ3v) is 4.84. The molecule has 23 heavy (non-hydrogen) atoms. The van der Waals surface area contributed by atoms with Crippen molar-refractivity contribution in [1.29, 1.82) is 0 Å². The van der Waals surface area contributed by atoms with Gasteiger partial charge < -0.3 is 15.4 Å². The van der Waals surface area contributed by atoms with E-state index in [4.69, 9.17) is 4.74 Å². The first-order valence-corrected chi connectivity index (χ1v) is 8.57. The minimum absolute atomic E-state index is 0.0435. The van der Waals surface area contributed by atoms with Crippen molar-refractivity contribution in [2.75, 3.05) is 19.7 Å². The van der Waals surface area contributed by atoms with Crippen LogP contribution < -0.4 is 15.4 Å². The molecule has 1 aromatic rings. The summed E-state index contributed by atoms with van der Waals surface area (Å²) in [6.45, 7) is 8.15. The van der Waals surface area contributed by atoms with Crippen LogP contribution >= 0.6 is 0 Å². The fraction of sp³-hybridized carbons (Fsp3) is 0.667. The molecule has 1 amide bonds. The van der Waals surface area contributed by atoms with Gasteiger partial charge in [0.15, 0.2) is 0 Å². The highest BCUT2D eigenvalue weighted by molar-refractivity contribution is 5.82. The summed E-state index contributed by atoms with van der Waals surface area (Å²) in [4.78, 5) is 16.9. The number of nitrogens with zero attached hydrogens (tertiary/aromatic N) is 1. The van der Waals surface area contributed by atoms with E-state index in [1.807, 2.05) is 19.9 Å². The molecule has 2 aliphatic rings. The van der Waals surface area contributed by atoms with Crippen molar-refractivity contribution in [2.24, 2.45) is 11.3 Å². The van der Waals surface area contributed by atoms with E-state index in [0.717, 1.165) is 13.1 Å². The molecule has 1 saturated heterocycles. The van der Waals surface area contributed by atoms with Gasteiger partial charge in [-0.2, -0.15) is 0 Å². The van der Waals surface area contributed by atoms with Crippen LogP contribution in [0.4, 0.5) is 0 Å². The molecule has 2 fully saturated rings. The maximum Gasteiger partial charge on any atom is 0.229 e. The van der Waals surface area contributed by atoms with Crippen LogP contribution in [0.25, 0.3) is 0 Å². The molecule has 0 spiro atoms. The van der Waals surface area contributed by atoms with E-state index in [0.29, 0.717) is 24.3 Å². The number of hydrogen-bond donors (Lipinski definition) is 2. The first kappa shape index (κ1) is 16.2. The number of nitrogens with one attached hydrogen (secondary N) is 2. The molecule has 5 heteroatoms. The second-order valence-electron chi connectivity index (χ2n) is 7.56. The number of carbonyl (C=O) groups excluding carboxylic acids is 1. The number of carbonyl (C=O) groups is 1. The summed E-state index contributed by atoms with van der Waals surface area (Å²) in [5, 5.41) is 6.46. The van der Waals surface area contributed by atoms with Crippen LogP contribution in [0.1, 0.15) is 45.1 Å². The summed E-state index contributed by atoms with van der Waals surface area (Å²) in [7, 11) is 0. The Bertz CT molecular complexity index is 569. The maximum absolute atomic E-state index is 12.6. The molecular formula is C18H27N3O2. The smallest absolute Gasteiger partial charge is 0.229 e. The molecule has 0 radical (unpaired) electrons. The van der Waals surface area contributed by atoms with Crippen LogP contribution in [0.15, 0.2) is 18.3 Å². The number of amides is 1. The Kier molecular flexibility index (Phi) is 4.57. The first-order chi connectivity index (χ1) is 11.0. The third kappa shape index (κ3) is 3.83. The summed E-state index contributed by atoms with van der Waals surface area (Å²) < 4.78 is 5.93. The van der Waals surface area contributed by atoms with Crippen molar-refractivity contribution < 1.29 is 9.53 Å². The summed E-state index contributed by atoms with van der Waals surface area (Å²) >= 11 is 0. The molecule has 0 aromatic carbocycles. The van der Waals surface area contributed by atoms with Crippen molar-refractivity contribution in [1.82, 2.24) is 15.6 Å². The Balaban J connectivity index is 1.58. The van der Waals surface area contributed by atoms with Gasteiger partial charge in [-0.25, -0.2) is 4.98 Å². The highest BCUT2D eigenvalue weighted by Crippen LogP contribution is 2.43. The van der Waals surface area contributed by atoms with Crippen LogP contribution in [-0.4, -0.2) is 36.6 Å². The zero-order chi connectivity index (χ0) is 16.4. The van der Waals surface area contributed by atoms with Gasteiger partial charge in [-0.1, -0.05) is 13.0 Å². The van der Waals surface area contributed by atoms with Crippen molar-refractivity contribution >= 4 is 5.91 Å². The van der Waals surface area contributed by atoms with Gasteiger partial charge >= 0.3 is 0 Å². The zero-order valence-corrected chi connectivity index (χ0v) is 14.3. The van der Waals surface area contributed by atoms with Crippen molar-refractivity contribution in [2.45, 2.75) is 45.6 Å². The van der Waals surface area contributed by atoms with Crippen molar-refractivity contribution in [3.8, 4) is 5.88 Å². The average molecular weight is 317 g/mol. The van der Waals surface area contributed by atoms with E-state index in [9.17, 15) is 4.79 Å². The SMILES string of the molecule is CC1CNCC1NC(=O)C(C)(C)COc1ncccc1C1CC1. The van der Waals surface area contributed by atoms with Gasteiger partial charge in [-0.3, -0.25) is 4.79 Å². The second-order valence-corrected chi connectivity index (χ2v) is 7.56. The Morgan fingerprint density at radius 3 is 2.87 bits per heavy atom. The molecule has 5 nitrogen and oxygen atoms in total. The fourth-order valence-electron chi connectivity index (χ4n) is 2.91. The van der Waals surface area contributed by atoms with Crippen molar-refractivity contribution in [3.63, 3.8) is 0 Å². The molecule has 2 atom stereocenters. The molecule has 126 valence electrons. The highest BCUT2D eigenvalue weighted by Gasteiger charge is 2.34. The lowest BCUT2D eigenvalue weighted by Gasteiger charge is -2.27. The lowest BCUT2D eigenvalue weighted by molar-refractivity contribution is -0.131. The van der Waals surface area contributed by atoms with Crippen LogP contribution in [0.3, 0.4) is 0 Å². The molecule has 3 rings (SSSR count). The second kappa shape index (κ2) is 6.48. The number of pyridine rings is 1. The van der Waals surface area contributed by atoms with Gasteiger partial charge in [0, 0.05) is 24.3 Å². The third-order valence-electron chi connectivity index (χ3n) is 4.84. The standard InChI is InChI=1S/C18H27N3O2/c1-12-9-19-10-15(12)21-17(22)18(2,3)11-23-16-14(13-6-7-13)5-4-8-20-16/h4-5,8,12-13,15,19H,6-7,9-11H2,1-3H3,(H,21,22). The number of hydrogen-bond acceptors (Lipinski definition) is 4. The van der Waals surface area contributed by atoms with E-state index < -0.39 is 5.41 Å². The van der Waals surface area contributed by atoms with E-state index in [2.05, 4.69) is 28.6 Å². The molecule has 2 unspecified atom stereocenters. The van der Waals surface area contributed by atoms with E-state index in [1.54, 1.807) is 6.20 Å². The van der Waals surface area contributed by atoms with Gasteiger partial charge in [-0.05, 0) is 51.1 Å². The predicted octanol–water partition coefficient (Wildman–Crippen LogP) is 2.09. The Morgan fingerprint density at radius 2 is 2.22 bits per heavy atom. The van der Waals surface area contributed by atoms with Crippen LogP contribution in [0.5, 0.6) is 5.88 Å². The Hall–Kier alpha value is -1.62. The van der Waals surface area contributed by atoms with Crippen LogP contribution in [0, 0.1) is 11.3 Å². The number of rotatable bonds is 6. The molecule has 1 aromatic heterocycles. The van der Waals surface area contributed by atoms with Gasteiger partial charge in [0.1, 0.15) is 6.61 Å². The highest BCUT2D eigenvalue weighted by atomic mass is 16.5. The van der Waals surface area contributed by atoms with Gasteiger partial charge in [0.05, 0.1) is 5.41 Å². The maximum atomic E-state index is 12.6. The average Bonchev–Trinajstić information content (AvgIpc) is 3.30. The summed E-state index contributed by atoms with van der Waals surface area (Å²) in [6, 6.07) is 4.24. The lowest BCUT2D eigenvalue weighted by Crippen LogP contribution is -2.48. The van der Waals surface area contributed by atoms with E-state index >= 15 is 0 Å². The van der Waals surface area contributed by atoms with Crippen molar-refractivity contribution in [3.05, 3.63) is 23.9 Å². The quantitative estimate of drug-likeness (QED) is 0.843. The van der Waals surface area contributed by atoms with Gasteiger partial charge in [0.2, 0.25) is 11.8 Å². The van der Waals surface area contributed by atoms with Crippen LogP contribution in [-0.2, 0) is 4.79 Å². The monoisotopic (exact) mass is 317 g/mol. The van der Waals surface area contributed by atoms with Gasteiger partial charge in [-0.15, -0.1) is 0 Å². The largest absolute Gasteiger partial charge is 0.476 e. The van der Waals surface area contributed by atoms with E-state index in [-0.39, 0.29) is 11.9 Å². The zero-order valence-electron chi connectivity index (χ0n) is 14.3. The predicted molar refractivity (Wildman–Crippen MR) is 89.5 cm³/mol. The fourth-order valence-corrected chi connectivity index (χ4v) is 2.91. The molecule has 0 bridgehead atoms. The molecular weight excluding hydrogens is 290 g/mol. The molecule has 1 saturated carbocycles. The number of aromatic nitrogens is 1. The molecule has 1 aliphatic heterocycles. The number of ether oxygens (including phenoxy) is 1. The minimum atomic E-state index is -0.583. The summed E-state index contributed by atoms with van der Waals surface area (Å²) in [5.41, 5.74) is 0.595. The first-order valence-electron chi connectivity index (χ1n) is 8.57.